The minimum absolute atomic E-state index is 0.474. The zero-order chi connectivity index (χ0) is 15.8. The van der Waals surface area contributed by atoms with Crippen LogP contribution in [0.25, 0.3) is 0 Å². The molecule has 2 unspecified atom stereocenters. The average molecular weight is 316 g/mol. The van der Waals surface area contributed by atoms with E-state index in [4.69, 9.17) is 4.74 Å². The lowest BCUT2D eigenvalue weighted by molar-refractivity contribution is 0.0561. The van der Waals surface area contributed by atoms with Gasteiger partial charge in [-0.2, -0.15) is 17.4 Å². The van der Waals surface area contributed by atoms with Crippen molar-refractivity contribution >= 4 is 10.2 Å². The van der Waals surface area contributed by atoms with Gasteiger partial charge in [0.2, 0.25) is 0 Å². The van der Waals surface area contributed by atoms with E-state index in [1.807, 2.05) is 38.1 Å². The Kier molecular flexibility index (Phi) is 4.28. The largest absolute Gasteiger partial charge is 0.486 e. The number of fused-ring (bicyclic) bond motifs is 1. The van der Waals surface area contributed by atoms with Gasteiger partial charge in [-0.1, -0.05) is 18.2 Å². The van der Waals surface area contributed by atoms with Gasteiger partial charge in [0.05, 0.1) is 6.04 Å². The standard InChI is InChI=1S/C14H21FN2O3S/c1-10(15)17(4)21(18,19)16-13-9-11-7-5-6-8-12(11)20-14(13,2)3/h5-8,10,13,16H,9H2,1-4H3. The second kappa shape index (κ2) is 5.55. The summed E-state index contributed by atoms with van der Waals surface area (Å²) in [5.74, 6) is 0.755. The predicted molar refractivity (Wildman–Crippen MR) is 79.0 cm³/mol. The molecule has 2 rings (SSSR count). The van der Waals surface area contributed by atoms with Gasteiger partial charge in [0, 0.05) is 7.05 Å². The van der Waals surface area contributed by atoms with Crippen LogP contribution in [0.5, 0.6) is 5.75 Å². The van der Waals surface area contributed by atoms with Gasteiger partial charge in [-0.3, -0.25) is 0 Å². The summed E-state index contributed by atoms with van der Waals surface area (Å²) in [5, 5.41) is 0. The number of benzene rings is 1. The summed E-state index contributed by atoms with van der Waals surface area (Å²) in [6.45, 7) is 4.81. The fraction of sp³-hybridized carbons (Fsp3) is 0.571. The number of ether oxygens (including phenoxy) is 1. The summed E-state index contributed by atoms with van der Waals surface area (Å²) in [4.78, 5) is 0. The normalized spacial score (nSPS) is 22.5. The van der Waals surface area contributed by atoms with Crippen LogP contribution < -0.4 is 9.46 Å². The molecule has 7 heteroatoms. The van der Waals surface area contributed by atoms with Crippen LogP contribution in [0, 0.1) is 0 Å². The van der Waals surface area contributed by atoms with E-state index >= 15 is 0 Å². The highest BCUT2D eigenvalue weighted by Gasteiger charge is 2.40. The molecule has 0 saturated heterocycles. The molecule has 1 aliphatic rings. The van der Waals surface area contributed by atoms with E-state index in [1.165, 1.54) is 14.0 Å². The lowest BCUT2D eigenvalue weighted by atomic mass is 9.89. The number of alkyl halides is 1. The number of halogens is 1. The molecule has 0 bridgehead atoms. The van der Waals surface area contributed by atoms with Crippen LogP contribution in [-0.2, 0) is 16.6 Å². The summed E-state index contributed by atoms with van der Waals surface area (Å²) < 4.78 is 46.7. The molecule has 5 nitrogen and oxygen atoms in total. The minimum Gasteiger partial charge on any atom is -0.486 e. The first-order valence-electron chi connectivity index (χ1n) is 6.80. The van der Waals surface area contributed by atoms with Crippen LogP contribution in [0.3, 0.4) is 0 Å². The summed E-state index contributed by atoms with van der Waals surface area (Å²) >= 11 is 0. The summed E-state index contributed by atoms with van der Waals surface area (Å²) in [5.41, 5.74) is 0.211. The summed E-state index contributed by atoms with van der Waals surface area (Å²) in [6, 6.07) is 7.03. The smallest absolute Gasteiger partial charge is 0.282 e. The Morgan fingerprint density at radius 3 is 2.67 bits per heavy atom. The van der Waals surface area contributed by atoms with Crippen LogP contribution in [-0.4, -0.2) is 37.7 Å². The molecule has 0 fully saturated rings. The van der Waals surface area contributed by atoms with E-state index < -0.39 is 28.1 Å². The van der Waals surface area contributed by atoms with Gasteiger partial charge < -0.3 is 4.74 Å². The molecule has 1 heterocycles. The van der Waals surface area contributed by atoms with E-state index in [0.717, 1.165) is 11.3 Å². The number of hydrogen-bond donors (Lipinski definition) is 1. The van der Waals surface area contributed by atoms with Gasteiger partial charge in [-0.15, -0.1) is 0 Å². The number of rotatable bonds is 4. The van der Waals surface area contributed by atoms with Crippen LogP contribution >= 0.6 is 0 Å². The first-order chi connectivity index (χ1) is 9.63. The Morgan fingerprint density at radius 1 is 1.43 bits per heavy atom. The van der Waals surface area contributed by atoms with Crippen molar-refractivity contribution in [2.45, 2.75) is 45.1 Å². The average Bonchev–Trinajstić information content (AvgIpc) is 2.37. The molecule has 0 spiro atoms. The molecule has 0 saturated carbocycles. The molecule has 0 radical (unpaired) electrons. The molecule has 1 N–H and O–H groups in total. The Balaban J connectivity index is 2.25. The first-order valence-corrected chi connectivity index (χ1v) is 8.24. The highest BCUT2D eigenvalue weighted by atomic mass is 32.2. The maximum absolute atomic E-state index is 13.3. The van der Waals surface area contributed by atoms with E-state index in [1.54, 1.807) is 0 Å². The summed E-state index contributed by atoms with van der Waals surface area (Å²) in [7, 11) is -2.70. The molecule has 0 amide bonds. The van der Waals surface area contributed by atoms with Gasteiger partial charge >= 0.3 is 0 Å². The Morgan fingerprint density at radius 2 is 2.05 bits per heavy atom. The van der Waals surface area contributed by atoms with Crippen molar-refractivity contribution in [3.8, 4) is 5.75 Å². The zero-order valence-electron chi connectivity index (χ0n) is 12.6. The number of nitrogens with zero attached hydrogens (tertiary/aromatic N) is 1. The van der Waals surface area contributed by atoms with E-state index in [2.05, 4.69) is 4.72 Å². The minimum atomic E-state index is -3.90. The number of para-hydroxylation sites is 1. The zero-order valence-corrected chi connectivity index (χ0v) is 13.4. The van der Waals surface area contributed by atoms with Crippen molar-refractivity contribution < 1.29 is 17.5 Å². The van der Waals surface area contributed by atoms with Gasteiger partial charge in [0.25, 0.3) is 10.2 Å². The number of hydrogen-bond acceptors (Lipinski definition) is 3. The molecule has 21 heavy (non-hydrogen) atoms. The lowest BCUT2D eigenvalue weighted by Crippen LogP contribution is -2.58. The topological polar surface area (TPSA) is 58.6 Å². The first kappa shape index (κ1) is 16.2. The van der Waals surface area contributed by atoms with Gasteiger partial charge in [-0.25, -0.2) is 4.39 Å². The molecule has 0 aromatic heterocycles. The molecule has 1 aromatic rings. The van der Waals surface area contributed by atoms with Crippen molar-refractivity contribution in [1.82, 2.24) is 9.03 Å². The molecular formula is C14H21FN2O3S. The fourth-order valence-electron chi connectivity index (χ4n) is 2.23. The second-order valence-corrected chi connectivity index (χ2v) is 7.54. The van der Waals surface area contributed by atoms with E-state index in [-0.39, 0.29) is 0 Å². The van der Waals surface area contributed by atoms with Crippen molar-refractivity contribution in [1.29, 1.82) is 0 Å². The van der Waals surface area contributed by atoms with Crippen LogP contribution in [0.15, 0.2) is 24.3 Å². The Labute approximate surface area is 125 Å². The third kappa shape index (κ3) is 3.36. The molecular weight excluding hydrogens is 295 g/mol. The maximum Gasteiger partial charge on any atom is 0.282 e. The van der Waals surface area contributed by atoms with E-state index in [0.29, 0.717) is 10.7 Å². The Bertz CT molecular complexity index is 616. The SMILES string of the molecule is CC(F)N(C)S(=O)(=O)NC1Cc2ccccc2OC1(C)C. The summed E-state index contributed by atoms with van der Waals surface area (Å²) in [6.07, 6.45) is -1.10. The van der Waals surface area contributed by atoms with E-state index in [9.17, 15) is 12.8 Å². The lowest BCUT2D eigenvalue weighted by Gasteiger charge is -2.40. The molecule has 1 aromatic carbocycles. The fourth-order valence-corrected chi connectivity index (χ4v) is 3.51. The van der Waals surface area contributed by atoms with Crippen molar-refractivity contribution in [3.63, 3.8) is 0 Å². The van der Waals surface area contributed by atoms with Crippen molar-refractivity contribution in [2.75, 3.05) is 7.05 Å². The Hall–Kier alpha value is -1.18. The maximum atomic E-state index is 13.3. The highest BCUT2D eigenvalue weighted by molar-refractivity contribution is 7.87. The van der Waals surface area contributed by atoms with Crippen LogP contribution in [0.1, 0.15) is 26.3 Å². The molecule has 2 atom stereocenters. The van der Waals surface area contributed by atoms with Crippen LogP contribution in [0.2, 0.25) is 0 Å². The van der Waals surface area contributed by atoms with Gasteiger partial charge in [0.15, 0.2) is 6.30 Å². The highest BCUT2D eigenvalue weighted by Crippen LogP contribution is 2.33. The molecule has 0 aliphatic carbocycles. The van der Waals surface area contributed by atoms with Crippen molar-refractivity contribution in [2.24, 2.45) is 0 Å². The predicted octanol–water partition coefficient (Wildman–Crippen LogP) is 1.85. The van der Waals surface area contributed by atoms with Crippen LogP contribution in [0.4, 0.5) is 4.39 Å². The van der Waals surface area contributed by atoms with Crippen molar-refractivity contribution in [3.05, 3.63) is 29.8 Å². The monoisotopic (exact) mass is 316 g/mol. The third-order valence-electron chi connectivity index (χ3n) is 3.78. The molecule has 1 aliphatic heterocycles. The number of nitrogens with one attached hydrogen (secondary N) is 1. The molecule has 118 valence electrons. The van der Waals surface area contributed by atoms with Gasteiger partial charge in [-0.05, 0) is 38.8 Å². The second-order valence-electron chi connectivity index (χ2n) is 5.78. The third-order valence-corrected chi connectivity index (χ3v) is 5.41. The van der Waals surface area contributed by atoms with Gasteiger partial charge in [0.1, 0.15) is 11.4 Å². The quantitative estimate of drug-likeness (QED) is 0.863.